The van der Waals surface area contributed by atoms with Crippen LogP contribution in [0.1, 0.15) is 28.7 Å². The summed E-state index contributed by atoms with van der Waals surface area (Å²) < 4.78 is 10.5. The minimum atomic E-state index is -0.369. The predicted molar refractivity (Wildman–Crippen MR) is 113 cm³/mol. The molecule has 0 bridgehead atoms. The maximum Gasteiger partial charge on any atom is 0.274 e. The van der Waals surface area contributed by atoms with Gasteiger partial charge in [0.25, 0.3) is 5.91 Å². The number of methoxy groups -OCH3 is 2. The lowest BCUT2D eigenvalue weighted by atomic mass is 10.1. The lowest BCUT2D eigenvalue weighted by Gasteiger charge is -2.12. The summed E-state index contributed by atoms with van der Waals surface area (Å²) in [6.45, 7) is 3.92. The molecule has 2 N–H and O–H groups in total. The van der Waals surface area contributed by atoms with Crippen molar-refractivity contribution < 1.29 is 14.3 Å². The van der Waals surface area contributed by atoms with Crippen LogP contribution in [0.4, 0.5) is 17.3 Å². The summed E-state index contributed by atoms with van der Waals surface area (Å²) >= 11 is 0. The first-order chi connectivity index (χ1) is 14.0. The smallest absolute Gasteiger partial charge is 0.274 e. The Morgan fingerprint density at radius 2 is 1.76 bits per heavy atom. The highest BCUT2D eigenvalue weighted by atomic mass is 16.5. The molecule has 7 heteroatoms. The summed E-state index contributed by atoms with van der Waals surface area (Å²) in [4.78, 5) is 21.5. The van der Waals surface area contributed by atoms with Gasteiger partial charge in [-0.15, -0.1) is 0 Å². The van der Waals surface area contributed by atoms with E-state index in [-0.39, 0.29) is 11.6 Å². The van der Waals surface area contributed by atoms with Gasteiger partial charge in [0.2, 0.25) is 5.95 Å². The molecule has 29 heavy (non-hydrogen) atoms. The Bertz CT molecular complexity index is 1000. The van der Waals surface area contributed by atoms with Gasteiger partial charge in [-0.05, 0) is 49.2 Å². The van der Waals surface area contributed by atoms with Gasteiger partial charge in [0.1, 0.15) is 17.2 Å². The van der Waals surface area contributed by atoms with Crippen molar-refractivity contribution in [1.29, 1.82) is 0 Å². The molecule has 0 fully saturated rings. The number of anilines is 3. The van der Waals surface area contributed by atoms with Crippen LogP contribution in [-0.4, -0.2) is 30.1 Å². The van der Waals surface area contributed by atoms with E-state index in [9.17, 15) is 4.79 Å². The van der Waals surface area contributed by atoms with E-state index >= 15 is 0 Å². The van der Waals surface area contributed by atoms with Gasteiger partial charge in [-0.2, -0.15) is 0 Å². The van der Waals surface area contributed by atoms with E-state index in [1.54, 1.807) is 31.4 Å². The SMILES string of the molecule is CCc1ccc(Nc2nc(C)cc(C(=O)Nc3cc(OC)ccc3OC)n2)cc1. The summed E-state index contributed by atoms with van der Waals surface area (Å²) in [6.07, 6.45) is 0.972. The monoisotopic (exact) mass is 392 g/mol. The van der Waals surface area contributed by atoms with E-state index in [2.05, 4.69) is 27.5 Å². The number of benzene rings is 2. The molecular formula is C22H24N4O3. The van der Waals surface area contributed by atoms with Gasteiger partial charge in [0.05, 0.1) is 19.9 Å². The molecule has 0 aliphatic heterocycles. The Morgan fingerprint density at radius 3 is 2.41 bits per heavy atom. The summed E-state index contributed by atoms with van der Waals surface area (Å²) in [7, 11) is 3.10. The Balaban J connectivity index is 1.82. The molecule has 1 heterocycles. The van der Waals surface area contributed by atoms with Gasteiger partial charge >= 0.3 is 0 Å². The van der Waals surface area contributed by atoms with Crippen LogP contribution in [0.15, 0.2) is 48.5 Å². The maximum atomic E-state index is 12.8. The van der Waals surface area contributed by atoms with Gasteiger partial charge < -0.3 is 20.1 Å². The molecule has 0 spiro atoms. The van der Waals surface area contributed by atoms with Crippen molar-refractivity contribution >= 4 is 23.2 Å². The summed E-state index contributed by atoms with van der Waals surface area (Å²) in [5.41, 5.74) is 3.52. The van der Waals surface area contributed by atoms with E-state index in [1.807, 2.05) is 31.2 Å². The topological polar surface area (TPSA) is 85.4 Å². The second-order valence-corrected chi connectivity index (χ2v) is 6.41. The lowest BCUT2D eigenvalue weighted by molar-refractivity contribution is 0.102. The molecule has 7 nitrogen and oxygen atoms in total. The zero-order valence-electron chi connectivity index (χ0n) is 16.9. The number of carbonyl (C=O) groups is 1. The van der Waals surface area contributed by atoms with Crippen LogP contribution >= 0.6 is 0 Å². The number of carbonyl (C=O) groups excluding carboxylic acids is 1. The Labute approximate surface area is 170 Å². The van der Waals surface area contributed by atoms with Gasteiger partial charge in [-0.1, -0.05) is 19.1 Å². The fourth-order valence-corrected chi connectivity index (χ4v) is 2.79. The van der Waals surface area contributed by atoms with Gasteiger partial charge in [-0.3, -0.25) is 4.79 Å². The number of ether oxygens (including phenoxy) is 2. The number of hydrogen-bond acceptors (Lipinski definition) is 6. The van der Waals surface area contributed by atoms with Crippen molar-refractivity contribution in [2.24, 2.45) is 0 Å². The van der Waals surface area contributed by atoms with E-state index in [0.29, 0.717) is 28.8 Å². The van der Waals surface area contributed by atoms with Crippen LogP contribution < -0.4 is 20.1 Å². The summed E-state index contributed by atoms with van der Waals surface area (Å²) in [5, 5.41) is 5.97. The fourth-order valence-electron chi connectivity index (χ4n) is 2.79. The average Bonchev–Trinajstić information content (AvgIpc) is 2.73. The van der Waals surface area contributed by atoms with Gasteiger partial charge in [0.15, 0.2) is 0 Å². The molecule has 0 unspecified atom stereocenters. The Kier molecular flexibility index (Phi) is 6.29. The lowest BCUT2D eigenvalue weighted by Crippen LogP contribution is -2.16. The molecule has 1 amide bonds. The first kappa shape index (κ1) is 20.1. The molecule has 150 valence electrons. The largest absolute Gasteiger partial charge is 0.497 e. The highest BCUT2D eigenvalue weighted by molar-refractivity contribution is 6.04. The molecule has 0 radical (unpaired) electrons. The minimum Gasteiger partial charge on any atom is -0.497 e. The van der Waals surface area contributed by atoms with Crippen LogP contribution in [0.2, 0.25) is 0 Å². The zero-order valence-corrected chi connectivity index (χ0v) is 16.9. The Morgan fingerprint density at radius 1 is 1.00 bits per heavy atom. The molecule has 2 aromatic carbocycles. The number of nitrogens with one attached hydrogen (secondary N) is 2. The van der Waals surface area contributed by atoms with Crippen LogP contribution in [0.25, 0.3) is 0 Å². The molecule has 0 saturated heterocycles. The second kappa shape index (κ2) is 9.05. The predicted octanol–water partition coefficient (Wildman–Crippen LogP) is 4.36. The van der Waals surface area contributed by atoms with E-state index in [4.69, 9.17) is 9.47 Å². The van der Waals surface area contributed by atoms with Crippen molar-refractivity contribution in [1.82, 2.24) is 9.97 Å². The van der Waals surface area contributed by atoms with E-state index in [0.717, 1.165) is 12.1 Å². The molecule has 0 atom stereocenters. The van der Waals surface area contributed by atoms with Gasteiger partial charge in [0, 0.05) is 17.4 Å². The standard InChI is InChI=1S/C22H24N4O3/c1-5-15-6-8-16(9-7-15)24-22-23-14(2)12-19(26-22)21(27)25-18-13-17(28-3)10-11-20(18)29-4/h6-13H,5H2,1-4H3,(H,25,27)(H,23,24,26). The van der Waals surface area contributed by atoms with E-state index < -0.39 is 0 Å². The van der Waals surface area contributed by atoms with Gasteiger partial charge in [-0.25, -0.2) is 9.97 Å². The number of rotatable bonds is 7. The molecule has 1 aromatic heterocycles. The zero-order chi connectivity index (χ0) is 20.8. The fraction of sp³-hybridized carbons (Fsp3) is 0.227. The minimum absolute atomic E-state index is 0.245. The molecule has 3 rings (SSSR count). The molecule has 0 saturated carbocycles. The van der Waals surface area contributed by atoms with Crippen LogP contribution in [-0.2, 0) is 6.42 Å². The molecular weight excluding hydrogens is 368 g/mol. The molecule has 0 aliphatic rings. The highest BCUT2D eigenvalue weighted by Gasteiger charge is 2.14. The number of aryl methyl sites for hydroxylation is 2. The third-order valence-corrected chi connectivity index (χ3v) is 4.36. The first-order valence-corrected chi connectivity index (χ1v) is 9.27. The summed E-state index contributed by atoms with van der Waals surface area (Å²) in [6, 6.07) is 14.8. The quantitative estimate of drug-likeness (QED) is 0.621. The number of nitrogens with zero attached hydrogens (tertiary/aromatic N) is 2. The van der Waals surface area contributed by atoms with Crippen molar-refractivity contribution in [2.45, 2.75) is 20.3 Å². The van der Waals surface area contributed by atoms with Crippen LogP contribution in [0.3, 0.4) is 0 Å². The van der Waals surface area contributed by atoms with Crippen LogP contribution in [0, 0.1) is 6.92 Å². The van der Waals surface area contributed by atoms with Crippen molar-refractivity contribution in [3.8, 4) is 11.5 Å². The van der Waals surface area contributed by atoms with Crippen LogP contribution in [0.5, 0.6) is 11.5 Å². The average molecular weight is 392 g/mol. The number of hydrogen-bond donors (Lipinski definition) is 2. The normalized spacial score (nSPS) is 10.3. The Hall–Kier alpha value is -3.61. The van der Waals surface area contributed by atoms with E-state index in [1.165, 1.54) is 12.7 Å². The third kappa shape index (κ3) is 5.01. The first-order valence-electron chi connectivity index (χ1n) is 9.27. The number of aromatic nitrogens is 2. The van der Waals surface area contributed by atoms with Crippen molar-refractivity contribution in [2.75, 3.05) is 24.9 Å². The summed E-state index contributed by atoms with van der Waals surface area (Å²) in [5.74, 6) is 1.13. The third-order valence-electron chi connectivity index (χ3n) is 4.36. The second-order valence-electron chi connectivity index (χ2n) is 6.41. The molecule has 0 aliphatic carbocycles. The number of amides is 1. The maximum absolute atomic E-state index is 12.8. The molecule has 3 aromatic rings. The van der Waals surface area contributed by atoms with Crippen molar-refractivity contribution in [3.63, 3.8) is 0 Å². The van der Waals surface area contributed by atoms with Crippen molar-refractivity contribution in [3.05, 3.63) is 65.5 Å². The highest BCUT2D eigenvalue weighted by Crippen LogP contribution is 2.29.